The van der Waals surface area contributed by atoms with E-state index in [1.165, 1.54) is 16.3 Å². The van der Waals surface area contributed by atoms with E-state index in [1.54, 1.807) is 11.3 Å². The molecule has 1 aromatic carbocycles. The van der Waals surface area contributed by atoms with Crippen LogP contribution in [0.3, 0.4) is 0 Å². The van der Waals surface area contributed by atoms with Gasteiger partial charge in [-0.1, -0.05) is 36.8 Å². The second-order valence-electron chi connectivity index (χ2n) is 6.37. The number of carbonyl (C=O) groups excluding carboxylic acids is 1. The number of aryl methyl sites for hydroxylation is 2. The summed E-state index contributed by atoms with van der Waals surface area (Å²) in [7, 11) is 0. The molecule has 0 unspecified atom stereocenters. The van der Waals surface area contributed by atoms with Crippen molar-refractivity contribution in [2.45, 2.75) is 39.7 Å². The standard InChI is InChI=1S/C19H24N2OS/c1-3-18-20-17(13-23-18)12-21-10-8-16(9-11-21)19(22)15-6-4-14(2)5-7-15/h4-7,13,16H,3,8-12H2,1-2H3. The zero-order valence-corrected chi connectivity index (χ0v) is 14.7. The van der Waals surface area contributed by atoms with Crippen molar-refractivity contribution in [3.63, 3.8) is 0 Å². The highest BCUT2D eigenvalue weighted by Crippen LogP contribution is 2.23. The van der Waals surface area contributed by atoms with Gasteiger partial charge in [-0.3, -0.25) is 9.69 Å². The predicted octanol–water partition coefficient (Wildman–Crippen LogP) is 4.11. The van der Waals surface area contributed by atoms with Gasteiger partial charge in [0.1, 0.15) is 0 Å². The molecule has 1 aliphatic heterocycles. The van der Waals surface area contributed by atoms with Gasteiger partial charge in [-0.2, -0.15) is 0 Å². The Morgan fingerprint density at radius 1 is 1.26 bits per heavy atom. The van der Waals surface area contributed by atoms with Gasteiger partial charge in [-0.15, -0.1) is 11.3 Å². The van der Waals surface area contributed by atoms with Crippen LogP contribution in [0.5, 0.6) is 0 Å². The van der Waals surface area contributed by atoms with Crippen LogP contribution in [-0.4, -0.2) is 28.8 Å². The second kappa shape index (κ2) is 7.37. The minimum atomic E-state index is 0.176. The second-order valence-corrected chi connectivity index (χ2v) is 7.31. The lowest BCUT2D eigenvalue weighted by Gasteiger charge is -2.30. The molecule has 1 aliphatic rings. The number of carbonyl (C=O) groups is 1. The van der Waals surface area contributed by atoms with E-state index >= 15 is 0 Å². The Bertz CT molecular complexity index is 654. The van der Waals surface area contributed by atoms with Crippen LogP contribution in [0.2, 0.25) is 0 Å². The molecular formula is C19H24N2OS. The van der Waals surface area contributed by atoms with E-state index in [2.05, 4.69) is 29.1 Å². The zero-order valence-electron chi connectivity index (χ0n) is 13.9. The Morgan fingerprint density at radius 3 is 2.57 bits per heavy atom. The first kappa shape index (κ1) is 16.3. The first-order valence-corrected chi connectivity index (χ1v) is 9.30. The molecule has 0 spiro atoms. The van der Waals surface area contributed by atoms with Crippen molar-refractivity contribution in [1.82, 2.24) is 9.88 Å². The predicted molar refractivity (Wildman–Crippen MR) is 95.0 cm³/mol. The molecule has 0 N–H and O–H groups in total. The van der Waals surface area contributed by atoms with Crippen molar-refractivity contribution in [2.24, 2.45) is 5.92 Å². The number of aromatic nitrogens is 1. The summed E-state index contributed by atoms with van der Waals surface area (Å²) in [6, 6.07) is 7.98. The molecule has 1 fully saturated rings. The molecule has 3 nitrogen and oxygen atoms in total. The van der Waals surface area contributed by atoms with E-state index < -0.39 is 0 Å². The number of piperidine rings is 1. The van der Waals surface area contributed by atoms with Crippen molar-refractivity contribution < 1.29 is 4.79 Å². The number of ketones is 1. The molecule has 0 atom stereocenters. The highest BCUT2D eigenvalue weighted by atomic mass is 32.1. The maximum Gasteiger partial charge on any atom is 0.166 e. The average Bonchev–Trinajstić information content (AvgIpc) is 3.03. The fraction of sp³-hybridized carbons (Fsp3) is 0.474. The lowest BCUT2D eigenvalue weighted by Crippen LogP contribution is -2.36. The quantitative estimate of drug-likeness (QED) is 0.775. The Hall–Kier alpha value is -1.52. The van der Waals surface area contributed by atoms with Crippen LogP contribution in [0.25, 0.3) is 0 Å². The van der Waals surface area contributed by atoms with Gasteiger partial charge in [-0.05, 0) is 39.3 Å². The van der Waals surface area contributed by atoms with E-state index in [0.29, 0.717) is 5.78 Å². The molecule has 0 aliphatic carbocycles. The molecule has 1 aromatic heterocycles. The van der Waals surface area contributed by atoms with Crippen LogP contribution in [0, 0.1) is 12.8 Å². The number of hydrogen-bond donors (Lipinski definition) is 0. The fourth-order valence-corrected chi connectivity index (χ4v) is 3.86. The first-order chi connectivity index (χ1) is 11.2. The van der Waals surface area contributed by atoms with Crippen LogP contribution in [0.15, 0.2) is 29.6 Å². The van der Waals surface area contributed by atoms with Gasteiger partial charge in [0.25, 0.3) is 0 Å². The maximum atomic E-state index is 12.6. The normalized spacial score (nSPS) is 16.6. The number of likely N-dealkylation sites (tertiary alicyclic amines) is 1. The molecule has 4 heteroatoms. The molecule has 2 heterocycles. The number of benzene rings is 1. The third kappa shape index (κ3) is 4.06. The molecular weight excluding hydrogens is 304 g/mol. The van der Waals surface area contributed by atoms with Crippen molar-refractivity contribution in [3.8, 4) is 0 Å². The van der Waals surface area contributed by atoms with E-state index in [0.717, 1.165) is 44.5 Å². The molecule has 23 heavy (non-hydrogen) atoms. The highest BCUT2D eigenvalue weighted by Gasteiger charge is 2.26. The summed E-state index contributed by atoms with van der Waals surface area (Å²) in [6.07, 6.45) is 2.92. The smallest absolute Gasteiger partial charge is 0.166 e. The Balaban J connectivity index is 1.53. The lowest BCUT2D eigenvalue weighted by atomic mass is 9.88. The average molecular weight is 328 g/mol. The number of hydrogen-bond acceptors (Lipinski definition) is 4. The van der Waals surface area contributed by atoms with Gasteiger partial charge in [0.15, 0.2) is 5.78 Å². The fourth-order valence-electron chi connectivity index (χ4n) is 3.12. The minimum Gasteiger partial charge on any atom is -0.297 e. The topological polar surface area (TPSA) is 33.2 Å². The van der Waals surface area contributed by atoms with Crippen LogP contribution >= 0.6 is 11.3 Å². The summed E-state index contributed by atoms with van der Waals surface area (Å²) < 4.78 is 0. The molecule has 0 amide bonds. The molecule has 0 saturated carbocycles. The lowest BCUT2D eigenvalue weighted by molar-refractivity contribution is 0.0834. The molecule has 2 aromatic rings. The van der Waals surface area contributed by atoms with E-state index in [4.69, 9.17) is 0 Å². The van der Waals surface area contributed by atoms with Gasteiger partial charge >= 0.3 is 0 Å². The van der Waals surface area contributed by atoms with E-state index in [9.17, 15) is 4.79 Å². The van der Waals surface area contributed by atoms with Crippen molar-refractivity contribution >= 4 is 17.1 Å². The van der Waals surface area contributed by atoms with Crippen molar-refractivity contribution in [3.05, 3.63) is 51.5 Å². The van der Waals surface area contributed by atoms with Gasteiger partial charge < -0.3 is 0 Å². The van der Waals surface area contributed by atoms with Gasteiger partial charge in [-0.25, -0.2) is 4.98 Å². The van der Waals surface area contributed by atoms with Crippen molar-refractivity contribution in [1.29, 1.82) is 0 Å². The summed E-state index contributed by atoms with van der Waals surface area (Å²) in [5, 5.41) is 3.38. The monoisotopic (exact) mass is 328 g/mol. The maximum absolute atomic E-state index is 12.6. The number of Topliss-reactive ketones (excluding diaryl/α,β-unsaturated/α-hetero) is 1. The third-order valence-corrected chi connectivity index (χ3v) is 5.62. The van der Waals surface area contributed by atoms with Crippen LogP contribution in [-0.2, 0) is 13.0 Å². The number of rotatable bonds is 5. The van der Waals surface area contributed by atoms with Crippen LogP contribution < -0.4 is 0 Å². The minimum absolute atomic E-state index is 0.176. The summed E-state index contributed by atoms with van der Waals surface area (Å²) in [5.74, 6) is 0.488. The first-order valence-electron chi connectivity index (χ1n) is 8.42. The van der Waals surface area contributed by atoms with E-state index in [1.807, 2.05) is 24.3 Å². The van der Waals surface area contributed by atoms with Crippen LogP contribution in [0.4, 0.5) is 0 Å². The van der Waals surface area contributed by atoms with Crippen LogP contribution in [0.1, 0.15) is 46.4 Å². The Kier molecular flexibility index (Phi) is 5.23. The summed E-state index contributed by atoms with van der Waals surface area (Å²) in [4.78, 5) is 19.7. The van der Waals surface area contributed by atoms with Gasteiger partial charge in [0, 0.05) is 23.4 Å². The Labute approximate surface area is 142 Å². The highest BCUT2D eigenvalue weighted by molar-refractivity contribution is 7.09. The number of nitrogens with zero attached hydrogens (tertiary/aromatic N) is 2. The molecule has 0 radical (unpaired) electrons. The largest absolute Gasteiger partial charge is 0.297 e. The van der Waals surface area contributed by atoms with Gasteiger partial charge in [0.05, 0.1) is 10.7 Å². The summed E-state index contributed by atoms with van der Waals surface area (Å²) in [6.45, 7) is 7.09. The van der Waals surface area contributed by atoms with Crippen molar-refractivity contribution in [2.75, 3.05) is 13.1 Å². The molecule has 122 valence electrons. The SMILES string of the molecule is CCc1nc(CN2CCC(C(=O)c3ccc(C)cc3)CC2)cs1. The molecule has 1 saturated heterocycles. The summed E-state index contributed by atoms with van der Waals surface area (Å²) in [5.41, 5.74) is 3.24. The molecule has 0 bridgehead atoms. The number of thiazole rings is 1. The Morgan fingerprint density at radius 2 is 1.96 bits per heavy atom. The van der Waals surface area contributed by atoms with E-state index in [-0.39, 0.29) is 5.92 Å². The summed E-state index contributed by atoms with van der Waals surface area (Å²) >= 11 is 1.75. The zero-order chi connectivity index (χ0) is 16.2. The third-order valence-electron chi connectivity index (χ3n) is 4.58. The molecule has 3 rings (SSSR count). The van der Waals surface area contributed by atoms with Gasteiger partial charge in [0.2, 0.25) is 0 Å².